The van der Waals surface area contributed by atoms with Crippen LogP contribution in [0.1, 0.15) is 36.7 Å². The van der Waals surface area contributed by atoms with Crippen LogP contribution in [0.4, 0.5) is 5.82 Å². The summed E-state index contributed by atoms with van der Waals surface area (Å²) in [4.78, 5) is 18.8. The summed E-state index contributed by atoms with van der Waals surface area (Å²) >= 11 is 0. The number of amides is 1. The lowest BCUT2D eigenvalue weighted by Gasteiger charge is -2.22. The predicted molar refractivity (Wildman–Crippen MR) is 86.9 cm³/mol. The number of aromatic nitrogens is 3. The van der Waals surface area contributed by atoms with Gasteiger partial charge in [-0.15, -0.1) is 0 Å². The number of carbonyl (C=O) groups is 1. The molecule has 0 bridgehead atoms. The Kier molecular flexibility index (Phi) is 5.52. The summed E-state index contributed by atoms with van der Waals surface area (Å²) in [5.41, 5.74) is 1.59. The van der Waals surface area contributed by atoms with Crippen molar-refractivity contribution < 1.29 is 4.79 Å². The molecule has 2 aromatic rings. The first-order chi connectivity index (χ1) is 10.7. The van der Waals surface area contributed by atoms with Crippen LogP contribution in [0.5, 0.6) is 0 Å². The molecule has 0 fully saturated rings. The van der Waals surface area contributed by atoms with E-state index in [4.69, 9.17) is 0 Å². The lowest BCUT2D eigenvalue weighted by molar-refractivity contribution is 0.0951. The van der Waals surface area contributed by atoms with Crippen molar-refractivity contribution in [2.45, 2.75) is 33.9 Å². The zero-order chi connectivity index (χ0) is 15.9. The minimum absolute atomic E-state index is 0.117. The van der Waals surface area contributed by atoms with Gasteiger partial charge in [0.1, 0.15) is 5.82 Å². The van der Waals surface area contributed by atoms with Crippen LogP contribution in [0, 0.1) is 0 Å². The topological polar surface area (TPSA) is 63.1 Å². The molecule has 0 saturated carbocycles. The van der Waals surface area contributed by atoms with Crippen molar-refractivity contribution in [1.82, 2.24) is 20.1 Å². The molecular weight excluding hydrogens is 278 g/mol. The number of anilines is 1. The summed E-state index contributed by atoms with van der Waals surface area (Å²) in [7, 11) is 0. The molecule has 6 nitrogen and oxygen atoms in total. The van der Waals surface area contributed by atoms with Gasteiger partial charge in [-0.25, -0.2) is 4.98 Å². The first kappa shape index (κ1) is 16.0. The van der Waals surface area contributed by atoms with E-state index in [1.54, 1.807) is 23.3 Å². The Labute approximate surface area is 131 Å². The zero-order valence-corrected chi connectivity index (χ0v) is 13.4. The van der Waals surface area contributed by atoms with E-state index < -0.39 is 0 Å². The summed E-state index contributed by atoms with van der Waals surface area (Å²) in [5.74, 6) is 0.811. The molecule has 0 aromatic carbocycles. The Hall–Kier alpha value is -2.37. The van der Waals surface area contributed by atoms with Gasteiger partial charge in [-0.1, -0.05) is 6.07 Å². The van der Waals surface area contributed by atoms with E-state index in [1.165, 1.54) is 0 Å². The summed E-state index contributed by atoms with van der Waals surface area (Å²) in [6.07, 6.45) is 5.13. The van der Waals surface area contributed by atoms with Crippen LogP contribution in [0.15, 0.2) is 30.7 Å². The highest BCUT2D eigenvalue weighted by Gasteiger charge is 2.12. The van der Waals surface area contributed by atoms with E-state index in [1.807, 2.05) is 19.1 Å². The molecule has 0 saturated heterocycles. The monoisotopic (exact) mass is 301 g/mol. The number of nitrogens with zero attached hydrogens (tertiary/aromatic N) is 4. The minimum Gasteiger partial charge on any atom is -0.357 e. The Morgan fingerprint density at radius 3 is 2.73 bits per heavy atom. The molecule has 118 valence electrons. The second-order valence-corrected chi connectivity index (χ2v) is 4.93. The van der Waals surface area contributed by atoms with Gasteiger partial charge in [0.15, 0.2) is 0 Å². The third-order valence-corrected chi connectivity index (χ3v) is 3.59. The molecule has 0 aliphatic heterocycles. The average molecular weight is 301 g/mol. The number of pyridine rings is 1. The van der Waals surface area contributed by atoms with Gasteiger partial charge in [-0.05, 0) is 26.8 Å². The fourth-order valence-corrected chi connectivity index (χ4v) is 2.31. The first-order valence-electron chi connectivity index (χ1n) is 7.69. The normalized spacial score (nSPS) is 10.5. The highest BCUT2D eigenvalue weighted by atomic mass is 16.1. The van der Waals surface area contributed by atoms with Crippen LogP contribution < -0.4 is 10.2 Å². The maximum Gasteiger partial charge on any atom is 0.254 e. The quantitative estimate of drug-likeness (QED) is 0.850. The number of hydrogen-bond donors (Lipinski definition) is 1. The number of aryl methyl sites for hydroxylation is 1. The summed E-state index contributed by atoms with van der Waals surface area (Å²) < 4.78 is 1.74. The van der Waals surface area contributed by atoms with Gasteiger partial charge < -0.3 is 10.2 Å². The van der Waals surface area contributed by atoms with Crippen molar-refractivity contribution in [3.05, 3.63) is 41.9 Å². The van der Waals surface area contributed by atoms with Gasteiger partial charge in [-0.3, -0.25) is 9.48 Å². The fourth-order valence-electron chi connectivity index (χ4n) is 2.31. The second-order valence-electron chi connectivity index (χ2n) is 4.93. The van der Waals surface area contributed by atoms with Crippen LogP contribution in [0.25, 0.3) is 0 Å². The van der Waals surface area contributed by atoms with Gasteiger partial charge in [0.25, 0.3) is 5.91 Å². The van der Waals surface area contributed by atoms with Crippen molar-refractivity contribution in [2.24, 2.45) is 0 Å². The lowest BCUT2D eigenvalue weighted by atomic mass is 10.2. The molecule has 0 unspecified atom stereocenters. The highest BCUT2D eigenvalue weighted by Crippen LogP contribution is 2.16. The number of hydrogen-bond acceptors (Lipinski definition) is 4. The molecule has 0 spiro atoms. The molecule has 0 aliphatic rings. The van der Waals surface area contributed by atoms with E-state index >= 15 is 0 Å². The van der Waals surface area contributed by atoms with Gasteiger partial charge in [0, 0.05) is 44.1 Å². The lowest BCUT2D eigenvalue weighted by Crippen LogP contribution is -2.27. The molecule has 1 amide bonds. The largest absolute Gasteiger partial charge is 0.357 e. The van der Waals surface area contributed by atoms with Crippen LogP contribution in [-0.2, 0) is 13.1 Å². The molecule has 0 radical (unpaired) electrons. The Morgan fingerprint density at radius 2 is 2.09 bits per heavy atom. The van der Waals surface area contributed by atoms with Crippen molar-refractivity contribution >= 4 is 11.7 Å². The summed E-state index contributed by atoms with van der Waals surface area (Å²) in [5, 5.41) is 7.06. The van der Waals surface area contributed by atoms with Crippen LogP contribution in [0.3, 0.4) is 0 Å². The number of rotatable bonds is 7. The molecule has 0 aliphatic carbocycles. The highest BCUT2D eigenvalue weighted by molar-refractivity contribution is 5.93. The summed E-state index contributed by atoms with van der Waals surface area (Å²) in [6, 6.07) is 3.89. The van der Waals surface area contributed by atoms with Gasteiger partial charge in [0.2, 0.25) is 0 Å². The number of nitrogens with one attached hydrogen (secondary N) is 1. The Morgan fingerprint density at radius 1 is 1.32 bits per heavy atom. The van der Waals surface area contributed by atoms with Crippen LogP contribution in [-0.4, -0.2) is 33.8 Å². The Balaban J connectivity index is 2.06. The zero-order valence-electron chi connectivity index (χ0n) is 13.4. The molecule has 2 rings (SSSR count). The van der Waals surface area contributed by atoms with Crippen LogP contribution in [0.2, 0.25) is 0 Å². The van der Waals surface area contributed by atoms with Crippen molar-refractivity contribution in [3.8, 4) is 0 Å². The number of carbonyl (C=O) groups excluding carboxylic acids is 1. The smallest absolute Gasteiger partial charge is 0.254 e. The Bertz CT molecular complexity index is 619. The van der Waals surface area contributed by atoms with Gasteiger partial charge in [0.05, 0.1) is 11.8 Å². The average Bonchev–Trinajstić information content (AvgIpc) is 3.04. The SMILES string of the molecule is CCN(CC)c1ncccc1CNC(=O)c1cnn(CC)c1. The molecule has 1 N–H and O–H groups in total. The van der Waals surface area contributed by atoms with E-state index in [2.05, 4.69) is 34.1 Å². The van der Waals surface area contributed by atoms with E-state index in [0.717, 1.165) is 31.0 Å². The second kappa shape index (κ2) is 7.59. The molecule has 0 atom stereocenters. The molecule has 6 heteroatoms. The van der Waals surface area contributed by atoms with E-state index in [-0.39, 0.29) is 5.91 Å². The van der Waals surface area contributed by atoms with E-state index in [0.29, 0.717) is 12.1 Å². The maximum atomic E-state index is 12.2. The van der Waals surface area contributed by atoms with Crippen LogP contribution >= 0.6 is 0 Å². The minimum atomic E-state index is -0.117. The third kappa shape index (κ3) is 3.63. The third-order valence-electron chi connectivity index (χ3n) is 3.59. The van der Waals surface area contributed by atoms with Crippen molar-refractivity contribution in [1.29, 1.82) is 0 Å². The van der Waals surface area contributed by atoms with Gasteiger partial charge in [-0.2, -0.15) is 5.10 Å². The summed E-state index contributed by atoms with van der Waals surface area (Å²) in [6.45, 7) is 9.16. The molecular formula is C16H23N5O. The molecule has 2 heterocycles. The maximum absolute atomic E-state index is 12.2. The van der Waals surface area contributed by atoms with Crippen molar-refractivity contribution in [3.63, 3.8) is 0 Å². The van der Waals surface area contributed by atoms with E-state index in [9.17, 15) is 4.79 Å². The molecule has 22 heavy (non-hydrogen) atoms. The predicted octanol–water partition coefficient (Wildman–Crippen LogP) is 2.07. The van der Waals surface area contributed by atoms with Crippen molar-refractivity contribution in [2.75, 3.05) is 18.0 Å². The molecule has 2 aromatic heterocycles. The van der Waals surface area contributed by atoms with Gasteiger partial charge >= 0.3 is 0 Å². The fraction of sp³-hybridized carbons (Fsp3) is 0.438. The standard InChI is InChI=1S/C16H23N5O/c1-4-20(5-2)15-13(8-7-9-17-15)10-18-16(22)14-11-19-21(6-3)12-14/h7-9,11-12H,4-6,10H2,1-3H3,(H,18,22). The first-order valence-corrected chi connectivity index (χ1v) is 7.69.